The Hall–Kier alpha value is -0.550. The summed E-state index contributed by atoms with van der Waals surface area (Å²) in [4.78, 5) is 0. The molecule has 0 spiro atoms. The highest BCUT2D eigenvalue weighted by molar-refractivity contribution is 8.00. The van der Waals surface area contributed by atoms with Gasteiger partial charge < -0.3 is 15.2 Å². The molecule has 2 N–H and O–H groups in total. The van der Waals surface area contributed by atoms with E-state index < -0.39 is 6.10 Å². The van der Waals surface area contributed by atoms with E-state index in [9.17, 15) is 5.11 Å². The van der Waals surface area contributed by atoms with Gasteiger partial charge in [-0.25, -0.2) is 0 Å². The second kappa shape index (κ2) is 8.67. The average molecular weight is 295 g/mol. The first-order valence-corrected chi connectivity index (χ1v) is 8.47. The first kappa shape index (κ1) is 15.8. The molecule has 1 aromatic rings. The van der Waals surface area contributed by atoms with Crippen LogP contribution >= 0.6 is 11.8 Å². The smallest absolute Gasteiger partial charge is 0.0897 e. The van der Waals surface area contributed by atoms with Crippen LogP contribution in [0.1, 0.15) is 31.4 Å². The molecule has 0 saturated carbocycles. The van der Waals surface area contributed by atoms with Crippen molar-refractivity contribution in [3.8, 4) is 0 Å². The fourth-order valence-corrected chi connectivity index (χ4v) is 3.59. The van der Waals surface area contributed by atoms with Crippen LogP contribution in [0.3, 0.4) is 0 Å². The van der Waals surface area contributed by atoms with Gasteiger partial charge in [-0.3, -0.25) is 0 Å². The lowest BCUT2D eigenvalue weighted by Gasteiger charge is -2.18. The number of aliphatic hydroxyl groups is 1. The zero-order chi connectivity index (χ0) is 14.2. The van der Waals surface area contributed by atoms with E-state index in [0.717, 1.165) is 17.4 Å². The normalized spacial score (nSPS) is 21.8. The lowest BCUT2D eigenvalue weighted by Crippen LogP contribution is -2.34. The van der Waals surface area contributed by atoms with E-state index in [1.165, 1.54) is 18.6 Å². The Morgan fingerprint density at radius 2 is 2.20 bits per heavy atom. The molecule has 3 unspecified atom stereocenters. The van der Waals surface area contributed by atoms with Crippen LogP contribution in [-0.2, 0) is 4.74 Å². The molecule has 0 aliphatic carbocycles. The summed E-state index contributed by atoms with van der Waals surface area (Å²) in [6.07, 6.45) is 2.22. The van der Waals surface area contributed by atoms with Crippen molar-refractivity contribution in [1.82, 2.24) is 5.32 Å². The van der Waals surface area contributed by atoms with Crippen molar-refractivity contribution in [2.75, 3.05) is 25.4 Å². The van der Waals surface area contributed by atoms with Crippen LogP contribution in [0.5, 0.6) is 0 Å². The predicted octanol–water partition coefficient (Wildman–Crippen LogP) is 2.61. The molecule has 0 radical (unpaired) electrons. The van der Waals surface area contributed by atoms with E-state index in [1.807, 2.05) is 49.0 Å². The van der Waals surface area contributed by atoms with Gasteiger partial charge in [-0.1, -0.05) is 30.3 Å². The molecule has 2 rings (SSSR count). The number of rotatable bonds is 8. The van der Waals surface area contributed by atoms with Crippen molar-refractivity contribution < 1.29 is 9.84 Å². The summed E-state index contributed by atoms with van der Waals surface area (Å²) in [6.45, 7) is 4.00. The minimum atomic E-state index is -0.437. The van der Waals surface area contributed by atoms with E-state index in [0.29, 0.717) is 13.2 Å². The van der Waals surface area contributed by atoms with Gasteiger partial charge >= 0.3 is 0 Å². The molecule has 1 fully saturated rings. The van der Waals surface area contributed by atoms with E-state index >= 15 is 0 Å². The van der Waals surface area contributed by atoms with Crippen LogP contribution in [0.4, 0.5) is 0 Å². The number of hydrogen-bond donors (Lipinski definition) is 2. The summed E-state index contributed by atoms with van der Waals surface area (Å²) >= 11 is 2.03. The molecule has 1 aliphatic heterocycles. The third-order valence-electron chi connectivity index (χ3n) is 3.58. The zero-order valence-corrected chi connectivity index (χ0v) is 12.9. The molecule has 112 valence electrons. The van der Waals surface area contributed by atoms with Gasteiger partial charge in [-0.15, -0.1) is 0 Å². The minimum Gasteiger partial charge on any atom is -0.389 e. The molecular weight excluding hydrogens is 270 g/mol. The maximum atomic E-state index is 9.92. The molecule has 1 heterocycles. The fourth-order valence-electron chi connectivity index (χ4n) is 2.35. The van der Waals surface area contributed by atoms with Gasteiger partial charge in [0.2, 0.25) is 0 Å². The lowest BCUT2D eigenvalue weighted by atomic mass is 10.1. The largest absolute Gasteiger partial charge is 0.389 e. The molecule has 20 heavy (non-hydrogen) atoms. The Bertz CT molecular complexity index is 368. The maximum Gasteiger partial charge on any atom is 0.0897 e. The van der Waals surface area contributed by atoms with Crippen LogP contribution in [-0.4, -0.2) is 41.9 Å². The molecule has 1 aromatic carbocycles. The number of ether oxygens (including phenoxy) is 1. The second-order valence-electron chi connectivity index (χ2n) is 5.33. The van der Waals surface area contributed by atoms with E-state index in [2.05, 4.69) is 5.32 Å². The van der Waals surface area contributed by atoms with Crippen molar-refractivity contribution in [3.05, 3.63) is 35.9 Å². The van der Waals surface area contributed by atoms with Crippen LogP contribution < -0.4 is 5.32 Å². The first-order chi connectivity index (χ1) is 9.75. The molecule has 0 bridgehead atoms. The monoisotopic (exact) mass is 295 g/mol. The summed E-state index contributed by atoms with van der Waals surface area (Å²) in [6, 6.07) is 10.1. The van der Waals surface area contributed by atoms with Crippen LogP contribution in [0.25, 0.3) is 0 Å². The lowest BCUT2D eigenvalue weighted by molar-refractivity contribution is -0.00193. The number of nitrogens with one attached hydrogen (secondary N) is 1. The number of hydrogen-bond acceptors (Lipinski definition) is 4. The number of benzene rings is 1. The van der Waals surface area contributed by atoms with Crippen LogP contribution in [0.2, 0.25) is 0 Å². The molecule has 1 saturated heterocycles. The maximum absolute atomic E-state index is 9.92. The highest BCUT2D eigenvalue weighted by Gasteiger charge is 2.15. The molecule has 0 aromatic heterocycles. The predicted molar refractivity (Wildman–Crippen MR) is 85.2 cm³/mol. The summed E-state index contributed by atoms with van der Waals surface area (Å²) in [7, 11) is 0. The highest BCUT2D eigenvalue weighted by Crippen LogP contribution is 2.25. The Labute approximate surface area is 126 Å². The van der Waals surface area contributed by atoms with Crippen molar-refractivity contribution in [2.45, 2.75) is 37.2 Å². The summed E-state index contributed by atoms with van der Waals surface area (Å²) in [5.74, 6) is 1.28. The average Bonchev–Trinajstić information content (AvgIpc) is 2.99. The number of aliphatic hydroxyl groups excluding tert-OH is 1. The fraction of sp³-hybridized carbons (Fsp3) is 0.625. The molecule has 1 aliphatic rings. The van der Waals surface area contributed by atoms with E-state index in [-0.39, 0.29) is 6.10 Å². The van der Waals surface area contributed by atoms with Gasteiger partial charge in [0.05, 0.1) is 18.8 Å². The van der Waals surface area contributed by atoms with E-state index in [4.69, 9.17) is 4.74 Å². The number of thioether (sulfide) groups is 1. The molecule has 3 atom stereocenters. The standard InChI is InChI=1S/C16H25NO2S/c1-13(14-6-3-2-4-7-14)19-12-15(18)10-17-11-16-8-5-9-20-16/h2-4,6-7,13,15-18H,5,8-12H2,1H3. The summed E-state index contributed by atoms with van der Waals surface area (Å²) < 4.78 is 5.72. The quantitative estimate of drug-likeness (QED) is 0.773. The SMILES string of the molecule is CC(OCC(O)CNCC1CCCS1)c1ccccc1. The Balaban J connectivity index is 1.58. The minimum absolute atomic E-state index is 0.0243. The third-order valence-corrected chi connectivity index (χ3v) is 4.98. The van der Waals surface area contributed by atoms with Gasteiger partial charge in [0.15, 0.2) is 0 Å². The molecule has 4 heteroatoms. The molecule has 0 amide bonds. The Morgan fingerprint density at radius 3 is 2.90 bits per heavy atom. The third kappa shape index (κ3) is 5.44. The second-order valence-corrected chi connectivity index (χ2v) is 6.74. The van der Waals surface area contributed by atoms with Gasteiger partial charge in [-0.05, 0) is 31.1 Å². The van der Waals surface area contributed by atoms with Crippen molar-refractivity contribution in [1.29, 1.82) is 0 Å². The topological polar surface area (TPSA) is 41.5 Å². The van der Waals surface area contributed by atoms with Crippen LogP contribution in [0, 0.1) is 0 Å². The summed E-state index contributed by atoms with van der Waals surface area (Å²) in [5, 5.41) is 14.0. The van der Waals surface area contributed by atoms with Gasteiger partial charge in [0.25, 0.3) is 0 Å². The first-order valence-electron chi connectivity index (χ1n) is 7.42. The zero-order valence-electron chi connectivity index (χ0n) is 12.1. The van der Waals surface area contributed by atoms with Gasteiger partial charge in [0, 0.05) is 18.3 Å². The Kier molecular flexibility index (Phi) is 6.87. The van der Waals surface area contributed by atoms with E-state index in [1.54, 1.807) is 0 Å². The van der Waals surface area contributed by atoms with Gasteiger partial charge in [-0.2, -0.15) is 11.8 Å². The van der Waals surface area contributed by atoms with Crippen molar-refractivity contribution >= 4 is 11.8 Å². The highest BCUT2D eigenvalue weighted by atomic mass is 32.2. The van der Waals surface area contributed by atoms with Crippen molar-refractivity contribution in [2.24, 2.45) is 0 Å². The van der Waals surface area contributed by atoms with Crippen molar-refractivity contribution in [3.63, 3.8) is 0 Å². The van der Waals surface area contributed by atoms with Crippen LogP contribution in [0.15, 0.2) is 30.3 Å². The Morgan fingerprint density at radius 1 is 1.40 bits per heavy atom. The summed E-state index contributed by atoms with van der Waals surface area (Å²) in [5.41, 5.74) is 1.15. The molecule has 3 nitrogen and oxygen atoms in total. The van der Waals surface area contributed by atoms with Gasteiger partial charge in [0.1, 0.15) is 0 Å². The molecular formula is C16H25NO2S.